The summed E-state index contributed by atoms with van der Waals surface area (Å²) in [5.74, 6) is 1.42. The van der Waals surface area contributed by atoms with Crippen molar-refractivity contribution in [1.82, 2.24) is 25.1 Å². The van der Waals surface area contributed by atoms with Gasteiger partial charge in [-0.3, -0.25) is 9.59 Å². The van der Waals surface area contributed by atoms with Crippen molar-refractivity contribution in [2.45, 2.75) is 51.9 Å². The first-order valence-electron chi connectivity index (χ1n) is 12.7. The molecule has 204 valence electrons. The molecule has 2 aromatic carbocycles. The van der Waals surface area contributed by atoms with Crippen LogP contribution in [0.3, 0.4) is 0 Å². The molecule has 0 aliphatic heterocycles. The lowest BCUT2D eigenvalue weighted by atomic mass is 10.0. The summed E-state index contributed by atoms with van der Waals surface area (Å²) in [6.07, 6.45) is 0. The largest absolute Gasteiger partial charge is 0.484 e. The van der Waals surface area contributed by atoms with Crippen molar-refractivity contribution in [3.05, 3.63) is 70.9 Å². The van der Waals surface area contributed by atoms with Gasteiger partial charge in [0.2, 0.25) is 5.91 Å². The van der Waals surface area contributed by atoms with E-state index in [1.165, 1.54) is 28.7 Å². The molecule has 2 heterocycles. The van der Waals surface area contributed by atoms with Crippen molar-refractivity contribution in [1.29, 1.82) is 0 Å². The standard InChI is InChI=1S/C28H32N6O3S2/c1-5-34-23(15-29-24(35)16-37-22-13-11-20(12-14-22)18(2)3)32-33-28(34)38-17-25(36)30-27-31-26(19(4)39-27)21-9-7-6-8-10-21/h6-14,18H,5,15-17H2,1-4H3,(H,29,35)(H,30,31,36). The molecule has 39 heavy (non-hydrogen) atoms. The summed E-state index contributed by atoms with van der Waals surface area (Å²) in [6.45, 7) is 8.93. The van der Waals surface area contributed by atoms with Gasteiger partial charge in [-0.05, 0) is 37.5 Å². The zero-order valence-electron chi connectivity index (χ0n) is 22.4. The van der Waals surface area contributed by atoms with Gasteiger partial charge in [0.15, 0.2) is 22.7 Å². The van der Waals surface area contributed by atoms with Crippen LogP contribution in [-0.2, 0) is 22.7 Å². The van der Waals surface area contributed by atoms with Crippen LogP contribution in [0.2, 0.25) is 0 Å². The van der Waals surface area contributed by atoms with Crippen LogP contribution in [-0.4, -0.2) is 43.9 Å². The minimum atomic E-state index is -0.254. The van der Waals surface area contributed by atoms with Gasteiger partial charge in [0.25, 0.3) is 5.91 Å². The summed E-state index contributed by atoms with van der Waals surface area (Å²) in [4.78, 5) is 30.6. The Balaban J connectivity index is 1.25. The Morgan fingerprint density at radius 3 is 2.49 bits per heavy atom. The molecule has 0 unspecified atom stereocenters. The van der Waals surface area contributed by atoms with Gasteiger partial charge in [0.05, 0.1) is 18.0 Å². The molecule has 0 bridgehead atoms. The van der Waals surface area contributed by atoms with Gasteiger partial charge in [-0.15, -0.1) is 21.5 Å². The molecular formula is C28H32N6O3S2. The third-order valence-electron chi connectivity index (χ3n) is 5.89. The first-order valence-corrected chi connectivity index (χ1v) is 14.5. The van der Waals surface area contributed by atoms with Crippen molar-refractivity contribution in [3.63, 3.8) is 0 Å². The number of rotatable bonds is 12. The molecule has 0 aliphatic rings. The summed E-state index contributed by atoms with van der Waals surface area (Å²) < 4.78 is 7.47. The predicted octanol–water partition coefficient (Wildman–Crippen LogP) is 5.28. The smallest absolute Gasteiger partial charge is 0.258 e. The van der Waals surface area contributed by atoms with Crippen molar-refractivity contribution in [2.24, 2.45) is 0 Å². The van der Waals surface area contributed by atoms with Crippen molar-refractivity contribution in [3.8, 4) is 17.0 Å². The van der Waals surface area contributed by atoms with Crippen molar-refractivity contribution >= 4 is 40.0 Å². The topological polar surface area (TPSA) is 111 Å². The third kappa shape index (κ3) is 7.67. The summed E-state index contributed by atoms with van der Waals surface area (Å²) in [7, 11) is 0. The quantitative estimate of drug-likeness (QED) is 0.225. The number of thioether (sulfide) groups is 1. The number of aromatic nitrogens is 4. The van der Waals surface area contributed by atoms with E-state index < -0.39 is 0 Å². The molecule has 2 amide bonds. The zero-order valence-corrected chi connectivity index (χ0v) is 24.1. The van der Waals surface area contributed by atoms with E-state index in [4.69, 9.17) is 4.74 Å². The van der Waals surface area contributed by atoms with Crippen LogP contribution in [0.1, 0.15) is 43.0 Å². The molecule has 0 saturated heterocycles. The number of hydrogen-bond acceptors (Lipinski definition) is 8. The van der Waals surface area contributed by atoms with Gasteiger partial charge in [-0.1, -0.05) is 68.1 Å². The monoisotopic (exact) mass is 564 g/mol. The Kier molecular flexibility index (Phi) is 9.72. The van der Waals surface area contributed by atoms with Gasteiger partial charge in [0, 0.05) is 17.0 Å². The van der Waals surface area contributed by atoms with E-state index in [-0.39, 0.29) is 30.7 Å². The van der Waals surface area contributed by atoms with Crippen LogP contribution in [0.25, 0.3) is 11.3 Å². The third-order valence-corrected chi connectivity index (χ3v) is 7.75. The Bertz CT molecular complexity index is 1400. The highest BCUT2D eigenvalue weighted by molar-refractivity contribution is 7.99. The molecule has 4 aromatic rings. The lowest BCUT2D eigenvalue weighted by molar-refractivity contribution is -0.123. The highest BCUT2D eigenvalue weighted by Crippen LogP contribution is 2.30. The Hall–Kier alpha value is -3.70. The van der Waals surface area contributed by atoms with E-state index in [9.17, 15) is 9.59 Å². The lowest BCUT2D eigenvalue weighted by Gasteiger charge is -2.10. The van der Waals surface area contributed by atoms with Crippen molar-refractivity contribution in [2.75, 3.05) is 17.7 Å². The van der Waals surface area contributed by atoms with Crippen LogP contribution in [0.4, 0.5) is 5.13 Å². The predicted molar refractivity (Wildman–Crippen MR) is 155 cm³/mol. The van der Waals surface area contributed by atoms with Gasteiger partial charge in [-0.2, -0.15) is 0 Å². The van der Waals surface area contributed by atoms with Crippen LogP contribution >= 0.6 is 23.1 Å². The number of ether oxygens (including phenoxy) is 1. The SMILES string of the molecule is CCn1c(CNC(=O)COc2ccc(C(C)C)cc2)nnc1SCC(=O)Nc1nc(-c2ccccc2)c(C)s1. The number of carbonyl (C=O) groups excluding carboxylic acids is 2. The van der Waals surface area contributed by atoms with E-state index in [1.807, 2.05) is 73.0 Å². The second-order valence-electron chi connectivity index (χ2n) is 9.06. The fourth-order valence-electron chi connectivity index (χ4n) is 3.80. The molecule has 9 nitrogen and oxygen atoms in total. The molecular weight excluding hydrogens is 532 g/mol. The van der Waals surface area contributed by atoms with Gasteiger partial charge >= 0.3 is 0 Å². The highest BCUT2D eigenvalue weighted by Gasteiger charge is 2.16. The molecule has 4 rings (SSSR count). The van der Waals surface area contributed by atoms with Crippen LogP contribution in [0, 0.1) is 6.92 Å². The number of anilines is 1. The van der Waals surface area contributed by atoms with Crippen LogP contribution in [0.15, 0.2) is 59.8 Å². The van der Waals surface area contributed by atoms with Gasteiger partial charge in [0.1, 0.15) is 5.75 Å². The number of thiazole rings is 1. The Labute approximate surface area is 236 Å². The Morgan fingerprint density at radius 2 is 1.79 bits per heavy atom. The number of nitrogens with zero attached hydrogens (tertiary/aromatic N) is 4. The van der Waals surface area contributed by atoms with E-state index in [0.29, 0.717) is 34.3 Å². The average Bonchev–Trinajstić information content (AvgIpc) is 3.52. The molecule has 0 saturated carbocycles. The van der Waals surface area contributed by atoms with E-state index in [1.54, 1.807) is 0 Å². The number of nitrogens with one attached hydrogen (secondary N) is 2. The maximum Gasteiger partial charge on any atom is 0.258 e. The normalized spacial score (nSPS) is 11.0. The van der Waals surface area contributed by atoms with Crippen molar-refractivity contribution < 1.29 is 14.3 Å². The minimum Gasteiger partial charge on any atom is -0.484 e. The van der Waals surface area contributed by atoms with Gasteiger partial charge < -0.3 is 19.9 Å². The molecule has 0 atom stereocenters. The lowest BCUT2D eigenvalue weighted by Crippen LogP contribution is -2.29. The number of benzene rings is 2. The zero-order chi connectivity index (χ0) is 27.8. The van der Waals surface area contributed by atoms with E-state index >= 15 is 0 Å². The molecule has 0 radical (unpaired) electrons. The average molecular weight is 565 g/mol. The molecule has 0 fully saturated rings. The van der Waals surface area contributed by atoms with Crippen LogP contribution < -0.4 is 15.4 Å². The van der Waals surface area contributed by atoms with E-state index in [2.05, 4.69) is 39.7 Å². The second-order valence-corrected chi connectivity index (χ2v) is 11.2. The second kappa shape index (κ2) is 13.4. The fraction of sp³-hybridized carbons (Fsp3) is 0.321. The summed E-state index contributed by atoms with van der Waals surface area (Å²) in [6, 6.07) is 17.6. The highest BCUT2D eigenvalue weighted by atomic mass is 32.2. The summed E-state index contributed by atoms with van der Waals surface area (Å²) in [5.41, 5.74) is 3.10. The fourth-order valence-corrected chi connectivity index (χ4v) is 5.47. The maximum atomic E-state index is 12.6. The molecule has 0 spiro atoms. The summed E-state index contributed by atoms with van der Waals surface area (Å²) >= 11 is 2.74. The first kappa shape index (κ1) is 28.3. The minimum absolute atomic E-state index is 0.0920. The van der Waals surface area contributed by atoms with E-state index in [0.717, 1.165) is 16.1 Å². The van der Waals surface area contributed by atoms with Crippen LogP contribution in [0.5, 0.6) is 5.75 Å². The molecule has 2 N–H and O–H groups in total. The molecule has 0 aliphatic carbocycles. The van der Waals surface area contributed by atoms with Gasteiger partial charge in [-0.25, -0.2) is 4.98 Å². The number of aryl methyl sites for hydroxylation is 1. The maximum absolute atomic E-state index is 12.6. The number of amides is 2. The number of hydrogen-bond donors (Lipinski definition) is 2. The molecule has 11 heteroatoms. The first-order chi connectivity index (χ1) is 18.8. The Morgan fingerprint density at radius 1 is 1.05 bits per heavy atom. The summed E-state index contributed by atoms with van der Waals surface area (Å²) in [5, 5.41) is 15.3. The number of carbonyl (C=O) groups is 2. The molecule has 2 aromatic heterocycles.